The number of nitrogens with one attached hydrogen (secondary N) is 1. The third-order valence-corrected chi connectivity index (χ3v) is 4.74. The highest BCUT2D eigenvalue weighted by molar-refractivity contribution is 6.31. The quantitative estimate of drug-likeness (QED) is 0.508. The summed E-state index contributed by atoms with van der Waals surface area (Å²) in [4.78, 5) is 16.3. The Labute approximate surface area is 186 Å². The molecule has 3 rings (SSSR count). The van der Waals surface area contributed by atoms with Crippen molar-refractivity contribution in [1.82, 2.24) is 14.7 Å². The molecule has 2 aromatic heterocycles. The minimum atomic E-state index is -0.569. The summed E-state index contributed by atoms with van der Waals surface area (Å²) in [5.41, 5.74) is 2.49. The van der Waals surface area contributed by atoms with Gasteiger partial charge in [-0.1, -0.05) is 18.5 Å². The lowest BCUT2D eigenvalue weighted by Gasteiger charge is -2.19. The number of imidazole rings is 1. The smallest absolute Gasteiger partial charge is 0.407 e. The molecule has 166 valence electrons. The summed E-state index contributed by atoms with van der Waals surface area (Å²) in [6, 6.07) is 7.00. The second-order valence-electron chi connectivity index (χ2n) is 8.16. The third kappa shape index (κ3) is 5.67. The molecular formula is C23H27ClFN3O3. The molecule has 31 heavy (non-hydrogen) atoms. The molecule has 6 nitrogen and oxygen atoms in total. The summed E-state index contributed by atoms with van der Waals surface area (Å²) >= 11 is 5.96. The molecule has 2 heterocycles. The largest absolute Gasteiger partial charge is 0.490 e. The van der Waals surface area contributed by atoms with Crippen LogP contribution in [0.3, 0.4) is 0 Å². The van der Waals surface area contributed by atoms with Crippen molar-refractivity contribution in [2.24, 2.45) is 0 Å². The summed E-state index contributed by atoms with van der Waals surface area (Å²) in [6.45, 7) is 8.19. The molecule has 0 aliphatic carbocycles. The van der Waals surface area contributed by atoms with Crippen molar-refractivity contribution in [2.45, 2.75) is 46.1 Å². The number of carbonyl (C=O) groups is 1. The van der Waals surface area contributed by atoms with Crippen molar-refractivity contribution in [2.75, 3.05) is 13.2 Å². The van der Waals surface area contributed by atoms with Crippen molar-refractivity contribution in [3.63, 3.8) is 0 Å². The van der Waals surface area contributed by atoms with Crippen LogP contribution in [0.25, 0.3) is 16.8 Å². The van der Waals surface area contributed by atoms with Gasteiger partial charge in [-0.25, -0.2) is 14.2 Å². The van der Waals surface area contributed by atoms with Gasteiger partial charge >= 0.3 is 6.09 Å². The van der Waals surface area contributed by atoms with Gasteiger partial charge in [-0.2, -0.15) is 0 Å². The Bertz CT molecular complexity index is 1080. The average Bonchev–Trinajstić information content (AvgIpc) is 3.10. The van der Waals surface area contributed by atoms with Crippen LogP contribution in [0.2, 0.25) is 5.02 Å². The van der Waals surface area contributed by atoms with Gasteiger partial charge in [-0.3, -0.25) is 0 Å². The lowest BCUT2D eigenvalue weighted by molar-refractivity contribution is 0.0528. The van der Waals surface area contributed by atoms with Gasteiger partial charge in [-0.15, -0.1) is 0 Å². The molecule has 0 bridgehead atoms. The number of pyridine rings is 1. The predicted molar refractivity (Wildman–Crippen MR) is 119 cm³/mol. The first-order valence-corrected chi connectivity index (χ1v) is 10.6. The Balaban J connectivity index is 1.84. The number of aromatic nitrogens is 2. The van der Waals surface area contributed by atoms with Gasteiger partial charge in [0, 0.05) is 42.2 Å². The van der Waals surface area contributed by atoms with Crippen molar-refractivity contribution in [3.05, 3.63) is 53.2 Å². The van der Waals surface area contributed by atoms with E-state index in [1.807, 2.05) is 50.4 Å². The first kappa shape index (κ1) is 22.9. The predicted octanol–water partition coefficient (Wildman–Crippen LogP) is 5.65. The minimum absolute atomic E-state index is 0.0208. The Morgan fingerprint density at radius 2 is 2.03 bits per heavy atom. The molecule has 0 aliphatic rings. The van der Waals surface area contributed by atoms with Crippen LogP contribution in [-0.4, -0.2) is 34.2 Å². The fourth-order valence-electron chi connectivity index (χ4n) is 3.09. The number of ether oxygens (including phenoxy) is 2. The molecular weight excluding hydrogens is 421 g/mol. The van der Waals surface area contributed by atoms with Gasteiger partial charge < -0.3 is 19.2 Å². The summed E-state index contributed by atoms with van der Waals surface area (Å²) in [5, 5.41) is 2.77. The molecule has 0 spiro atoms. The van der Waals surface area contributed by atoms with Crippen molar-refractivity contribution in [3.8, 4) is 16.9 Å². The van der Waals surface area contributed by atoms with Gasteiger partial charge in [0.05, 0.1) is 11.6 Å². The second-order valence-corrected chi connectivity index (χ2v) is 8.57. The number of amides is 1. The number of nitrogens with zero attached hydrogens (tertiary/aromatic N) is 2. The van der Waals surface area contributed by atoms with Gasteiger partial charge in [0.15, 0.2) is 11.6 Å². The van der Waals surface area contributed by atoms with Crippen LogP contribution in [0.4, 0.5) is 9.18 Å². The van der Waals surface area contributed by atoms with Gasteiger partial charge in [-0.05, 0) is 51.5 Å². The maximum absolute atomic E-state index is 14.6. The van der Waals surface area contributed by atoms with E-state index in [9.17, 15) is 9.18 Å². The molecule has 0 aliphatic heterocycles. The van der Waals surface area contributed by atoms with Crippen molar-refractivity contribution >= 4 is 23.3 Å². The first-order chi connectivity index (χ1) is 14.7. The normalized spacial score (nSPS) is 11.5. The van der Waals surface area contributed by atoms with Crippen LogP contribution in [-0.2, 0) is 11.2 Å². The third-order valence-electron chi connectivity index (χ3n) is 4.44. The number of fused-ring (bicyclic) bond motifs is 1. The zero-order valence-electron chi connectivity index (χ0n) is 18.2. The molecule has 0 saturated heterocycles. The van der Waals surface area contributed by atoms with E-state index < -0.39 is 17.5 Å². The zero-order chi connectivity index (χ0) is 22.6. The standard InChI is InChI=1S/C23H27ClFN3O3/c1-5-12-30-21-17(7-8-18(24)20(21)25)15-6-9-19-27-13-16(28(19)14-15)10-11-26-22(29)31-23(2,3)4/h6-9,13-14H,5,10-12H2,1-4H3,(H,26,29). The van der Waals surface area contributed by atoms with Crippen LogP contribution in [0.15, 0.2) is 36.7 Å². The van der Waals surface area contributed by atoms with Crippen LogP contribution < -0.4 is 10.1 Å². The Morgan fingerprint density at radius 1 is 1.26 bits per heavy atom. The number of benzene rings is 1. The summed E-state index contributed by atoms with van der Waals surface area (Å²) < 4.78 is 27.5. The summed E-state index contributed by atoms with van der Waals surface area (Å²) in [6.07, 6.45) is 4.48. The fourth-order valence-corrected chi connectivity index (χ4v) is 3.24. The highest BCUT2D eigenvalue weighted by Gasteiger charge is 2.17. The fraction of sp³-hybridized carbons (Fsp3) is 0.391. The van der Waals surface area contributed by atoms with Crippen molar-refractivity contribution in [1.29, 1.82) is 0 Å². The monoisotopic (exact) mass is 447 g/mol. The maximum atomic E-state index is 14.6. The number of hydrogen-bond donors (Lipinski definition) is 1. The molecule has 1 N–H and O–H groups in total. The van der Waals surface area contributed by atoms with Crippen LogP contribution in [0, 0.1) is 5.82 Å². The van der Waals surface area contributed by atoms with E-state index in [1.165, 1.54) is 6.07 Å². The molecule has 0 atom stereocenters. The van der Waals surface area contributed by atoms with E-state index >= 15 is 0 Å². The van der Waals surface area contributed by atoms with Gasteiger partial charge in [0.1, 0.15) is 11.2 Å². The Hall–Kier alpha value is -2.80. The average molecular weight is 448 g/mol. The maximum Gasteiger partial charge on any atom is 0.407 e. The number of alkyl carbamates (subject to hydrolysis) is 1. The molecule has 0 radical (unpaired) electrons. The zero-order valence-corrected chi connectivity index (χ0v) is 18.9. The highest BCUT2D eigenvalue weighted by Crippen LogP contribution is 2.36. The van der Waals surface area contributed by atoms with Gasteiger partial charge in [0.25, 0.3) is 0 Å². The van der Waals surface area contributed by atoms with E-state index in [0.717, 1.165) is 23.3 Å². The van der Waals surface area contributed by atoms with Crippen molar-refractivity contribution < 1.29 is 18.7 Å². The number of hydrogen-bond acceptors (Lipinski definition) is 4. The van der Waals surface area contributed by atoms with E-state index in [1.54, 1.807) is 12.3 Å². The number of carbonyl (C=O) groups excluding carboxylic acids is 1. The van der Waals surface area contributed by atoms with Crippen LogP contribution >= 0.6 is 11.6 Å². The number of halogens is 2. The summed E-state index contributed by atoms with van der Waals surface area (Å²) in [7, 11) is 0. The Kier molecular flexibility index (Phi) is 7.05. The lowest BCUT2D eigenvalue weighted by Crippen LogP contribution is -2.33. The van der Waals surface area contributed by atoms with E-state index in [0.29, 0.717) is 25.1 Å². The van der Waals surface area contributed by atoms with E-state index in [2.05, 4.69) is 10.3 Å². The highest BCUT2D eigenvalue weighted by atomic mass is 35.5. The Morgan fingerprint density at radius 3 is 2.74 bits per heavy atom. The second kappa shape index (κ2) is 9.56. The molecule has 0 saturated carbocycles. The molecule has 3 aromatic rings. The molecule has 1 amide bonds. The van der Waals surface area contributed by atoms with Gasteiger partial charge in [0.2, 0.25) is 0 Å². The van der Waals surface area contributed by atoms with E-state index in [-0.39, 0.29) is 10.8 Å². The van der Waals surface area contributed by atoms with Crippen LogP contribution in [0.5, 0.6) is 5.75 Å². The minimum Gasteiger partial charge on any atom is -0.490 e. The molecule has 1 aromatic carbocycles. The first-order valence-electron chi connectivity index (χ1n) is 10.2. The SMILES string of the molecule is CCCOc1c(-c2ccc3ncc(CCNC(=O)OC(C)(C)C)n3c2)ccc(Cl)c1F. The topological polar surface area (TPSA) is 64.9 Å². The molecule has 8 heteroatoms. The van der Waals surface area contributed by atoms with Crippen LogP contribution in [0.1, 0.15) is 39.8 Å². The number of rotatable bonds is 7. The summed E-state index contributed by atoms with van der Waals surface area (Å²) in [5.74, 6) is -0.429. The molecule has 0 fully saturated rings. The molecule has 0 unspecified atom stereocenters. The van der Waals surface area contributed by atoms with E-state index in [4.69, 9.17) is 21.1 Å². The lowest BCUT2D eigenvalue weighted by atomic mass is 10.1.